The van der Waals surface area contributed by atoms with Crippen LogP contribution in [0.4, 0.5) is 0 Å². The van der Waals surface area contributed by atoms with Crippen LogP contribution in [-0.2, 0) is 4.79 Å². The fourth-order valence-corrected chi connectivity index (χ4v) is 3.25. The van der Waals surface area contributed by atoms with Gasteiger partial charge in [-0.3, -0.25) is 4.79 Å². The molecule has 0 aromatic rings. The summed E-state index contributed by atoms with van der Waals surface area (Å²) in [5.41, 5.74) is 0. The van der Waals surface area contributed by atoms with E-state index >= 15 is 0 Å². The van der Waals surface area contributed by atoms with Crippen molar-refractivity contribution in [3.8, 4) is 0 Å². The highest BCUT2D eigenvalue weighted by molar-refractivity contribution is 7.80. The van der Waals surface area contributed by atoms with Crippen LogP contribution in [0.15, 0.2) is 0 Å². The average Bonchev–Trinajstić information content (AvgIpc) is 2.39. The number of nitrogens with one attached hydrogen (secondary N) is 2. The van der Waals surface area contributed by atoms with Crippen LogP contribution in [0.1, 0.15) is 45.4 Å². The van der Waals surface area contributed by atoms with Gasteiger partial charge >= 0.3 is 0 Å². The minimum Gasteiger partial charge on any atom is -0.360 e. The standard InChI is InChI=1S/C13H23N3OS/c1-2-11-12(17)14-8-9-16(11)13(18)15-10-6-4-3-5-7-10/h10-11H,2-9H2,1H3,(H,14,17)(H,15,18). The molecule has 1 aliphatic heterocycles. The van der Waals surface area contributed by atoms with Gasteiger partial charge < -0.3 is 15.5 Å². The van der Waals surface area contributed by atoms with Gasteiger partial charge in [-0.05, 0) is 31.5 Å². The summed E-state index contributed by atoms with van der Waals surface area (Å²) >= 11 is 5.49. The van der Waals surface area contributed by atoms with Crippen molar-refractivity contribution in [2.24, 2.45) is 0 Å². The van der Waals surface area contributed by atoms with Gasteiger partial charge in [-0.15, -0.1) is 0 Å². The highest BCUT2D eigenvalue weighted by atomic mass is 32.1. The highest BCUT2D eigenvalue weighted by Gasteiger charge is 2.30. The zero-order valence-corrected chi connectivity index (χ0v) is 11.9. The molecule has 1 saturated carbocycles. The normalized spacial score (nSPS) is 25.7. The molecule has 1 unspecified atom stereocenters. The Kier molecular flexibility index (Phi) is 4.80. The molecule has 1 amide bonds. The number of hydrogen-bond donors (Lipinski definition) is 2. The first kappa shape index (κ1) is 13.6. The van der Waals surface area contributed by atoms with E-state index in [1.807, 2.05) is 6.92 Å². The Hall–Kier alpha value is -0.840. The quantitative estimate of drug-likeness (QED) is 0.744. The van der Waals surface area contributed by atoms with E-state index in [4.69, 9.17) is 12.2 Å². The molecule has 102 valence electrons. The van der Waals surface area contributed by atoms with Crippen molar-refractivity contribution >= 4 is 23.2 Å². The van der Waals surface area contributed by atoms with Crippen LogP contribution in [0.5, 0.6) is 0 Å². The van der Waals surface area contributed by atoms with Gasteiger partial charge in [0, 0.05) is 19.1 Å². The number of amides is 1. The zero-order valence-electron chi connectivity index (χ0n) is 11.1. The van der Waals surface area contributed by atoms with Crippen LogP contribution in [0.3, 0.4) is 0 Å². The van der Waals surface area contributed by atoms with Gasteiger partial charge in [0.1, 0.15) is 6.04 Å². The second kappa shape index (κ2) is 6.36. The first-order valence-electron chi connectivity index (χ1n) is 7.07. The molecule has 2 rings (SSSR count). The van der Waals surface area contributed by atoms with E-state index in [2.05, 4.69) is 15.5 Å². The van der Waals surface area contributed by atoms with Crippen molar-refractivity contribution in [2.45, 2.75) is 57.5 Å². The van der Waals surface area contributed by atoms with E-state index in [9.17, 15) is 4.79 Å². The molecule has 1 atom stereocenters. The topological polar surface area (TPSA) is 44.4 Å². The van der Waals surface area contributed by atoms with E-state index in [0.29, 0.717) is 12.6 Å². The van der Waals surface area contributed by atoms with Crippen LogP contribution in [-0.4, -0.2) is 41.1 Å². The Labute approximate surface area is 114 Å². The lowest BCUT2D eigenvalue weighted by Crippen LogP contribution is -2.60. The molecule has 2 fully saturated rings. The van der Waals surface area contributed by atoms with Crippen LogP contribution in [0.25, 0.3) is 0 Å². The first-order chi connectivity index (χ1) is 8.72. The maximum Gasteiger partial charge on any atom is 0.242 e. The number of carbonyl (C=O) groups is 1. The lowest BCUT2D eigenvalue weighted by molar-refractivity contribution is -0.127. The summed E-state index contributed by atoms with van der Waals surface area (Å²) < 4.78 is 0. The third kappa shape index (κ3) is 3.13. The van der Waals surface area contributed by atoms with Gasteiger partial charge in [-0.25, -0.2) is 0 Å². The van der Waals surface area contributed by atoms with Crippen LogP contribution >= 0.6 is 12.2 Å². The molecule has 4 nitrogen and oxygen atoms in total. The van der Waals surface area contributed by atoms with Gasteiger partial charge in [-0.1, -0.05) is 26.2 Å². The summed E-state index contributed by atoms with van der Waals surface area (Å²) in [4.78, 5) is 13.9. The molecule has 1 saturated heterocycles. The fourth-order valence-electron chi connectivity index (χ4n) is 2.87. The molecule has 1 aliphatic carbocycles. The van der Waals surface area contributed by atoms with Gasteiger partial charge in [-0.2, -0.15) is 0 Å². The number of rotatable bonds is 2. The van der Waals surface area contributed by atoms with Crippen molar-refractivity contribution in [1.29, 1.82) is 0 Å². The Bertz CT molecular complexity index is 315. The second-order valence-corrected chi connectivity index (χ2v) is 5.58. The molecule has 0 aromatic heterocycles. The van der Waals surface area contributed by atoms with Gasteiger partial charge in [0.05, 0.1) is 0 Å². The number of carbonyl (C=O) groups excluding carboxylic acids is 1. The monoisotopic (exact) mass is 269 g/mol. The van der Waals surface area contributed by atoms with Crippen LogP contribution in [0, 0.1) is 0 Å². The lowest BCUT2D eigenvalue weighted by atomic mass is 9.96. The molecule has 5 heteroatoms. The van der Waals surface area contributed by atoms with Crippen molar-refractivity contribution < 1.29 is 4.79 Å². The molecule has 18 heavy (non-hydrogen) atoms. The largest absolute Gasteiger partial charge is 0.360 e. The molecular formula is C13H23N3OS. The lowest BCUT2D eigenvalue weighted by Gasteiger charge is -2.38. The van der Waals surface area contributed by atoms with E-state index < -0.39 is 0 Å². The minimum atomic E-state index is -0.0951. The number of piperazine rings is 1. The SMILES string of the molecule is CCC1C(=O)NCCN1C(=S)NC1CCCCC1. The second-order valence-electron chi connectivity index (χ2n) is 5.19. The molecule has 1 heterocycles. The third-order valence-corrected chi connectivity index (χ3v) is 4.26. The molecule has 0 spiro atoms. The zero-order chi connectivity index (χ0) is 13.0. The Balaban J connectivity index is 1.91. The summed E-state index contributed by atoms with van der Waals surface area (Å²) in [5, 5.41) is 7.12. The van der Waals surface area contributed by atoms with Crippen LogP contribution in [0.2, 0.25) is 0 Å². The summed E-state index contributed by atoms with van der Waals surface area (Å²) in [6.07, 6.45) is 7.14. The smallest absolute Gasteiger partial charge is 0.242 e. The number of thiocarbonyl (C=S) groups is 1. The number of nitrogens with zero attached hydrogens (tertiary/aromatic N) is 1. The summed E-state index contributed by atoms with van der Waals surface area (Å²) in [6, 6.07) is 0.413. The molecule has 0 radical (unpaired) electrons. The molecular weight excluding hydrogens is 246 g/mol. The Morgan fingerprint density at radius 1 is 1.44 bits per heavy atom. The predicted molar refractivity (Wildman–Crippen MR) is 76.4 cm³/mol. The summed E-state index contributed by atoms with van der Waals surface area (Å²) in [7, 11) is 0. The van der Waals surface area contributed by atoms with Gasteiger partial charge in [0.25, 0.3) is 0 Å². The molecule has 0 aromatic carbocycles. The van der Waals surface area contributed by atoms with Crippen molar-refractivity contribution in [1.82, 2.24) is 15.5 Å². The predicted octanol–water partition coefficient (Wildman–Crippen LogP) is 1.40. The fraction of sp³-hybridized carbons (Fsp3) is 0.846. The van der Waals surface area contributed by atoms with E-state index in [0.717, 1.165) is 18.1 Å². The van der Waals surface area contributed by atoms with Crippen molar-refractivity contribution in [2.75, 3.05) is 13.1 Å². The van der Waals surface area contributed by atoms with Crippen molar-refractivity contribution in [3.05, 3.63) is 0 Å². The summed E-state index contributed by atoms with van der Waals surface area (Å²) in [5.74, 6) is 0.108. The number of hydrogen-bond acceptors (Lipinski definition) is 2. The highest BCUT2D eigenvalue weighted by Crippen LogP contribution is 2.18. The molecule has 0 bridgehead atoms. The van der Waals surface area contributed by atoms with Gasteiger partial charge in [0.15, 0.2) is 5.11 Å². The summed E-state index contributed by atoms with van der Waals surface area (Å²) in [6.45, 7) is 3.55. The van der Waals surface area contributed by atoms with E-state index in [-0.39, 0.29) is 11.9 Å². The third-order valence-electron chi connectivity index (χ3n) is 3.91. The Morgan fingerprint density at radius 3 is 2.83 bits per heavy atom. The molecule has 2 aliphatic rings. The maximum atomic E-state index is 11.8. The van der Waals surface area contributed by atoms with E-state index in [1.165, 1.54) is 32.1 Å². The molecule has 2 N–H and O–H groups in total. The van der Waals surface area contributed by atoms with Crippen molar-refractivity contribution in [3.63, 3.8) is 0 Å². The van der Waals surface area contributed by atoms with Gasteiger partial charge in [0.2, 0.25) is 5.91 Å². The average molecular weight is 269 g/mol. The first-order valence-corrected chi connectivity index (χ1v) is 7.48. The van der Waals surface area contributed by atoms with E-state index in [1.54, 1.807) is 0 Å². The van der Waals surface area contributed by atoms with Crippen LogP contribution < -0.4 is 10.6 Å². The minimum absolute atomic E-state index is 0.0951. The Morgan fingerprint density at radius 2 is 2.17 bits per heavy atom. The maximum absolute atomic E-state index is 11.8.